The zero-order valence-electron chi connectivity index (χ0n) is 14.3. The fourth-order valence-electron chi connectivity index (χ4n) is 2.72. The van der Waals surface area contributed by atoms with Crippen LogP contribution in [0.3, 0.4) is 0 Å². The van der Waals surface area contributed by atoms with Gasteiger partial charge in [0.2, 0.25) is 0 Å². The number of benzene rings is 1. The summed E-state index contributed by atoms with van der Waals surface area (Å²) in [7, 11) is -3.67. The molecule has 1 N–H and O–H groups in total. The van der Waals surface area contributed by atoms with E-state index < -0.39 is 15.7 Å². The first kappa shape index (κ1) is 18.7. The van der Waals surface area contributed by atoms with Crippen LogP contribution in [-0.4, -0.2) is 51.2 Å². The SMILES string of the molecule is CCNC(=NCCS(=O)(=O)c1ccccc1F)N1CCC(C)CC1. The minimum absolute atomic E-state index is 0.116. The van der Waals surface area contributed by atoms with Gasteiger partial charge in [0.15, 0.2) is 15.8 Å². The van der Waals surface area contributed by atoms with Crippen LogP contribution in [0.2, 0.25) is 0 Å². The van der Waals surface area contributed by atoms with Gasteiger partial charge < -0.3 is 10.2 Å². The number of likely N-dealkylation sites (tertiary alicyclic amines) is 1. The molecule has 1 saturated heterocycles. The molecule has 1 aromatic rings. The normalized spacial score (nSPS) is 17.1. The second-order valence-electron chi connectivity index (χ2n) is 6.15. The minimum atomic E-state index is -3.67. The molecule has 5 nitrogen and oxygen atoms in total. The quantitative estimate of drug-likeness (QED) is 0.650. The van der Waals surface area contributed by atoms with Crippen LogP contribution in [0.25, 0.3) is 0 Å². The predicted molar refractivity (Wildman–Crippen MR) is 94.4 cm³/mol. The molecule has 1 heterocycles. The Bertz CT molecular complexity index is 668. The van der Waals surface area contributed by atoms with Crippen LogP contribution in [-0.2, 0) is 9.84 Å². The van der Waals surface area contributed by atoms with Crippen molar-refractivity contribution in [3.63, 3.8) is 0 Å². The molecule has 0 aromatic heterocycles. The number of aliphatic imine (C=N–C) groups is 1. The van der Waals surface area contributed by atoms with Crippen molar-refractivity contribution in [3.05, 3.63) is 30.1 Å². The van der Waals surface area contributed by atoms with Crippen molar-refractivity contribution in [2.24, 2.45) is 10.9 Å². The van der Waals surface area contributed by atoms with E-state index in [0.717, 1.165) is 44.5 Å². The number of nitrogens with zero attached hydrogens (tertiary/aromatic N) is 2. The number of guanidine groups is 1. The fraction of sp³-hybridized carbons (Fsp3) is 0.588. The van der Waals surface area contributed by atoms with E-state index in [4.69, 9.17) is 0 Å². The molecule has 1 aromatic carbocycles. The van der Waals surface area contributed by atoms with Crippen LogP contribution in [0, 0.1) is 11.7 Å². The highest BCUT2D eigenvalue weighted by Gasteiger charge is 2.20. The lowest BCUT2D eigenvalue weighted by atomic mass is 10.00. The smallest absolute Gasteiger partial charge is 0.193 e. The lowest BCUT2D eigenvalue weighted by Gasteiger charge is -2.33. The second kappa shape index (κ2) is 8.46. The minimum Gasteiger partial charge on any atom is -0.357 e. The molecule has 24 heavy (non-hydrogen) atoms. The largest absolute Gasteiger partial charge is 0.357 e. The summed E-state index contributed by atoms with van der Waals surface area (Å²) >= 11 is 0. The second-order valence-corrected chi connectivity index (χ2v) is 8.23. The maximum atomic E-state index is 13.7. The number of rotatable bonds is 5. The summed E-state index contributed by atoms with van der Waals surface area (Å²) in [5.41, 5.74) is 0. The van der Waals surface area contributed by atoms with Gasteiger partial charge >= 0.3 is 0 Å². The van der Waals surface area contributed by atoms with Crippen LogP contribution in [0.5, 0.6) is 0 Å². The van der Waals surface area contributed by atoms with E-state index in [9.17, 15) is 12.8 Å². The molecule has 2 rings (SSSR count). The molecule has 0 saturated carbocycles. The number of nitrogens with one attached hydrogen (secondary N) is 1. The Morgan fingerprint density at radius 2 is 2.00 bits per heavy atom. The molecular weight excluding hydrogens is 329 g/mol. The van der Waals surface area contributed by atoms with Crippen molar-refractivity contribution in [2.75, 3.05) is 31.9 Å². The van der Waals surface area contributed by atoms with Gasteiger partial charge in [-0.25, -0.2) is 12.8 Å². The first-order valence-electron chi connectivity index (χ1n) is 8.44. The molecule has 1 aliphatic heterocycles. The van der Waals surface area contributed by atoms with Crippen molar-refractivity contribution in [1.29, 1.82) is 0 Å². The third-order valence-corrected chi connectivity index (χ3v) is 5.93. The number of sulfone groups is 1. The molecule has 0 radical (unpaired) electrons. The van der Waals surface area contributed by atoms with Gasteiger partial charge in [0.25, 0.3) is 0 Å². The van der Waals surface area contributed by atoms with E-state index in [1.165, 1.54) is 18.2 Å². The van der Waals surface area contributed by atoms with Crippen LogP contribution >= 0.6 is 0 Å². The molecule has 1 aliphatic rings. The Morgan fingerprint density at radius 3 is 2.62 bits per heavy atom. The maximum Gasteiger partial charge on any atom is 0.193 e. The maximum absolute atomic E-state index is 13.7. The third kappa shape index (κ3) is 4.93. The summed E-state index contributed by atoms with van der Waals surface area (Å²) < 4.78 is 38.2. The molecular formula is C17H26FN3O2S. The van der Waals surface area contributed by atoms with Gasteiger partial charge in [0, 0.05) is 19.6 Å². The van der Waals surface area contributed by atoms with Crippen molar-refractivity contribution in [3.8, 4) is 0 Å². The summed E-state index contributed by atoms with van der Waals surface area (Å²) in [6.07, 6.45) is 2.22. The molecule has 1 fully saturated rings. The molecule has 0 bridgehead atoms. The summed E-state index contributed by atoms with van der Waals surface area (Å²) in [4.78, 5) is 6.35. The first-order chi connectivity index (χ1) is 11.4. The topological polar surface area (TPSA) is 61.8 Å². The van der Waals surface area contributed by atoms with Gasteiger partial charge in [0.05, 0.1) is 12.3 Å². The predicted octanol–water partition coefficient (Wildman–Crippen LogP) is 2.30. The highest BCUT2D eigenvalue weighted by molar-refractivity contribution is 7.91. The zero-order chi connectivity index (χ0) is 17.6. The van der Waals surface area contributed by atoms with E-state index in [1.807, 2.05) is 6.92 Å². The van der Waals surface area contributed by atoms with Gasteiger partial charge in [-0.3, -0.25) is 4.99 Å². The lowest BCUT2D eigenvalue weighted by Crippen LogP contribution is -2.45. The summed E-state index contributed by atoms with van der Waals surface area (Å²) in [5, 5.41) is 3.21. The first-order valence-corrected chi connectivity index (χ1v) is 10.1. The molecule has 0 amide bonds. The molecule has 0 unspecified atom stereocenters. The van der Waals surface area contributed by atoms with E-state index >= 15 is 0 Å². The average Bonchev–Trinajstić information content (AvgIpc) is 2.55. The van der Waals surface area contributed by atoms with Gasteiger partial charge in [-0.15, -0.1) is 0 Å². The van der Waals surface area contributed by atoms with E-state index in [-0.39, 0.29) is 17.2 Å². The van der Waals surface area contributed by atoms with Crippen molar-refractivity contribution >= 4 is 15.8 Å². The molecule has 0 atom stereocenters. The Kier molecular flexibility index (Phi) is 6.60. The van der Waals surface area contributed by atoms with Crippen LogP contribution in [0.1, 0.15) is 26.7 Å². The highest BCUT2D eigenvalue weighted by atomic mass is 32.2. The Balaban J connectivity index is 2.03. The van der Waals surface area contributed by atoms with Crippen LogP contribution in [0.15, 0.2) is 34.2 Å². The summed E-state index contributed by atoms with van der Waals surface area (Å²) in [6, 6.07) is 5.46. The fourth-order valence-corrected chi connectivity index (χ4v) is 3.93. The van der Waals surface area contributed by atoms with Crippen molar-refractivity contribution in [2.45, 2.75) is 31.6 Å². The Morgan fingerprint density at radius 1 is 1.33 bits per heavy atom. The van der Waals surface area contributed by atoms with E-state index in [1.54, 1.807) is 0 Å². The van der Waals surface area contributed by atoms with Crippen LogP contribution in [0.4, 0.5) is 4.39 Å². The third-order valence-electron chi connectivity index (χ3n) is 4.21. The highest BCUT2D eigenvalue weighted by Crippen LogP contribution is 2.17. The average molecular weight is 355 g/mol. The number of halogens is 1. The number of hydrogen-bond donors (Lipinski definition) is 1. The molecule has 0 aliphatic carbocycles. The summed E-state index contributed by atoms with van der Waals surface area (Å²) in [5.74, 6) is 0.546. The standard InChI is InChI=1S/C17H26FN3O2S/c1-3-19-17(21-11-8-14(2)9-12-21)20-10-13-24(22,23)16-7-5-4-6-15(16)18/h4-7,14H,3,8-13H2,1-2H3,(H,19,20). The van der Waals surface area contributed by atoms with Crippen molar-refractivity contribution in [1.82, 2.24) is 10.2 Å². The van der Waals surface area contributed by atoms with E-state index in [0.29, 0.717) is 5.92 Å². The lowest BCUT2D eigenvalue weighted by molar-refractivity contribution is 0.273. The summed E-state index contributed by atoms with van der Waals surface area (Å²) in [6.45, 7) is 6.91. The van der Waals surface area contributed by atoms with Gasteiger partial charge in [0.1, 0.15) is 10.7 Å². The molecule has 0 spiro atoms. The molecule has 134 valence electrons. The number of piperidine rings is 1. The monoisotopic (exact) mass is 355 g/mol. The van der Waals surface area contributed by atoms with Crippen molar-refractivity contribution < 1.29 is 12.8 Å². The number of hydrogen-bond acceptors (Lipinski definition) is 3. The van der Waals surface area contributed by atoms with Crippen LogP contribution < -0.4 is 5.32 Å². The zero-order valence-corrected chi connectivity index (χ0v) is 15.2. The van der Waals surface area contributed by atoms with E-state index in [2.05, 4.69) is 22.1 Å². The Hall–Kier alpha value is -1.63. The Labute approximate surface area is 143 Å². The molecule has 7 heteroatoms. The van der Waals surface area contributed by atoms with Gasteiger partial charge in [-0.05, 0) is 37.8 Å². The van der Waals surface area contributed by atoms with Gasteiger partial charge in [-0.1, -0.05) is 19.1 Å². The van der Waals surface area contributed by atoms with Gasteiger partial charge in [-0.2, -0.15) is 0 Å².